The molecule has 0 aliphatic carbocycles. The summed E-state index contributed by atoms with van der Waals surface area (Å²) in [6.45, 7) is 0.866. The van der Waals surface area contributed by atoms with E-state index in [9.17, 15) is 4.79 Å². The van der Waals surface area contributed by atoms with E-state index in [-0.39, 0.29) is 18.5 Å². The third-order valence-corrected chi connectivity index (χ3v) is 3.83. The molecule has 0 radical (unpaired) electrons. The summed E-state index contributed by atoms with van der Waals surface area (Å²) in [6.07, 6.45) is 3.45. The second-order valence-electron chi connectivity index (χ2n) is 4.50. The lowest BCUT2D eigenvalue weighted by molar-refractivity contribution is -0.122. The zero-order valence-corrected chi connectivity index (χ0v) is 11.9. The van der Waals surface area contributed by atoms with Gasteiger partial charge in [-0.25, -0.2) is 0 Å². The van der Waals surface area contributed by atoms with Crippen LogP contribution in [0.5, 0.6) is 0 Å². The molecule has 6 heteroatoms. The van der Waals surface area contributed by atoms with E-state index in [1.165, 1.54) is 4.88 Å². The molecule has 2 aromatic heterocycles. The van der Waals surface area contributed by atoms with E-state index in [2.05, 4.69) is 26.8 Å². The molecule has 1 atom stereocenters. The summed E-state index contributed by atoms with van der Waals surface area (Å²) in [5.74, 6) is -0.0212. The summed E-state index contributed by atoms with van der Waals surface area (Å²) in [4.78, 5) is 15.2. The van der Waals surface area contributed by atoms with Crippen molar-refractivity contribution >= 4 is 17.2 Å². The average Bonchev–Trinajstić information content (AvgIpc) is 3.01. The largest absolute Gasteiger partial charge is 0.353 e. The van der Waals surface area contributed by atoms with Crippen LogP contribution in [0.3, 0.4) is 0 Å². The first-order valence-electron chi connectivity index (χ1n) is 6.11. The third-order valence-electron chi connectivity index (χ3n) is 2.85. The van der Waals surface area contributed by atoms with E-state index < -0.39 is 0 Å². The number of carbonyl (C=O) groups excluding carboxylic acids is 1. The van der Waals surface area contributed by atoms with Crippen LogP contribution >= 0.6 is 11.3 Å². The average molecular weight is 278 g/mol. The van der Waals surface area contributed by atoms with Crippen LogP contribution in [0, 0.1) is 0 Å². The van der Waals surface area contributed by atoms with E-state index in [0.717, 1.165) is 0 Å². The summed E-state index contributed by atoms with van der Waals surface area (Å²) in [7, 11) is 4.04. The summed E-state index contributed by atoms with van der Waals surface area (Å²) in [6, 6.07) is 6.14. The highest BCUT2D eigenvalue weighted by molar-refractivity contribution is 7.10. The smallest absolute Gasteiger partial charge is 0.241 e. The Morgan fingerprint density at radius 2 is 2.37 bits per heavy atom. The quantitative estimate of drug-likeness (QED) is 0.868. The first kappa shape index (κ1) is 13.8. The van der Waals surface area contributed by atoms with Gasteiger partial charge in [-0.1, -0.05) is 6.07 Å². The first-order chi connectivity index (χ1) is 9.16. The molecule has 0 aliphatic rings. The second kappa shape index (κ2) is 6.49. The van der Waals surface area contributed by atoms with Gasteiger partial charge < -0.3 is 10.2 Å². The molecule has 0 spiro atoms. The maximum atomic E-state index is 11.8. The Kier molecular flexibility index (Phi) is 4.70. The van der Waals surface area contributed by atoms with Gasteiger partial charge >= 0.3 is 0 Å². The van der Waals surface area contributed by atoms with Crippen molar-refractivity contribution in [2.24, 2.45) is 0 Å². The van der Waals surface area contributed by atoms with Crippen molar-refractivity contribution in [3.05, 3.63) is 40.8 Å². The van der Waals surface area contributed by atoms with Gasteiger partial charge in [-0.3, -0.25) is 9.48 Å². The molecule has 1 amide bonds. The van der Waals surface area contributed by atoms with E-state index in [4.69, 9.17) is 0 Å². The van der Waals surface area contributed by atoms with Gasteiger partial charge in [0.15, 0.2) is 0 Å². The molecule has 2 rings (SSSR count). The van der Waals surface area contributed by atoms with Crippen molar-refractivity contribution in [3.8, 4) is 0 Å². The number of nitrogens with zero attached hydrogens (tertiary/aromatic N) is 3. The number of rotatable bonds is 6. The van der Waals surface area contributed by atoms with Crippen LogP contribution in [0.1, 0.15) is 10.9 Å². The minimum Gasteiger partial charge on any atom is -0.353 e. The van der Waals surface area contributed by atoms with E-state index >= 15 is 0 Å². The monoisotopic (exact) mass is 278 g/mol. The van der Waals surface area contributed by atoms with Gasteiger partial charge in [0.1, 0.15) is 6.54 Å². The standard InChI is InChI=1S/C13H18N4OS/c1-16(2)11(12-5-3-8-19-12)9-14-13(18)10-17-7-4-6-15-17/h3-8,11H,9-10H2,1-2H3,(H,14,18). The van der Waals surface area contributed by atoms with Crippen molar-refractivity contribution in [1.29, 1.82) is 0 Å². The summed E-state index contributed by atoms with van der Waals surface area (Å²) < 4.78 is 1.62. The Balaban J connectivity index is 1.87. The van der Waals surface area contributed by atoms with E-state index in [1.54, 1.807) is 28.4 Å². The fourth-order valence-corrected chi connectivity index (χ4v) is 2.75. The Morgan fingerprint density at radius 1 is 1.53 bits per heavy atom. The summed E-state index contributed by atoms with van der Waals surface area (Å²) >= 11 is 1.71. The highest BCUT2D eigenvalue weighted by atomic mass is 32.1. The maximum absolute atomic E-state index is 11.8. The number of carbonyl (C=O) groups is 1. The number of likely N-dealkylation sites (N-methyl/N-ethyl adjacent to an activating group) is 1. The van der Waals surface area contributed by atoms with Crippen LogP contribution in [0.2, 0.25) is 0 Å². The van der Waals surface area contributed by atoms with Crippen LogP contribution in [0.4, 0.5) is 0 Å². The number of hydrogen-bond donors (Lipinski definition) is 1. The van der Waals surface area contributed by atoms with Crippen molar-refractivity contribution < 1.29 is 4.79 Å². The van der Waals surface area contributed by atoms with E-state index in [0.29, 0.717) is 6.54 Å². The molecular formula is C13H18N4OS. The lowest BCUT2D eigenvalue weighted by Crippen LogP contribution is -2.35. The summed E-state index contributed by atoms with van der Waals surface area (Å²) in [5.41, 5.74) is 0. The van der Waals surface area contributed by atoms with Gasteiger partial charge in [-0.2, -0.15) is 5.10 Å². The van der Waals surface area contributed by atoms with E-state index in [1.807, 2.05) is 26.2 Å². The van der Waals surface area contributed by atoms with Crippen LogP contribution in [0.25, 0.3) is 0 Å². The highest BCUT2D eigenvalue weighted by Gasteiger charge is 2.16. The van der Waals surface area contributed by atoms with Gasteiger partial charge in [-0.15, -0.1) is 11.3 Å². The third kappa shape index (κ3) is 3.90. The van der Waals surface area contributed by atoms with Crippen molar-refractivity contribution in [1.82, 2.24) is 20.0 Å². The minimum atomic E-state index is -0.0212. The molecule has 1 N–H and O–H groups in total. The predicted molar refractivity (Wildman–Crippen MR) is 76.0 cm³/mol. The van der Waals surface area contributed by atoms with Crippen molar-refractivity contribution in [2.45, 2.75) is 12.6 Å². The zero-order chi connectivity index (χ0) is 13.7. The molecule has 0 bridgehead atoms. The lowest BCUT2D eigenvalue weighted by Gasteiger charge is -2.23. The molecule has 2 heterocycles. The first-order valence-corrected chi connectivity index (χ1v) is 6.98. The Labute approximate surface area is 116 Å². The molecule has 0 aliphatic heterocycles. The molecule has 1 unspecified atom stereocenters. The number of amides is 1. The Bertz CT molecular complexity index is 493. The SMILES string of the molecule is CN(C)C(CNC(=O)Cn1cccn1)c1cccs1. The van der Waals surface area contributed by atoms with Gasteiger partial charge in [0.25, 0.3) is 0 Å². The van der Waals surface area contributed by atoms with Crippen LogP contribution in [-0.2, 0) is 11.3 Å². The molecule has 2 aromatic rings. The van der Waals surface area contributed by atoms with Crippen LogP contribution in [0.15, 0.2) is 36.0 Å². The lowest BCUT2D eigenvalue weighted by atomic mass is 10.2. The topological polar surface area (TPSA) is 50.2 Å². The van der Waals surface area contributed by atoms with Gasteiger partial charge in [0.2, 0.25) is 5.91 Å². The molecule has 5 nitrogen and oxygen atoms in total. The fraction of sp³-hybridized carbons (Fsp3) is 0.385. The van der Waals surface area contributed by atoms with Gasteiger partial charge in [-0.05, 0) is 31.6 Å². The summed E-state index contributed by atoms with van der Waals surface area (Å²) in [5, 5.41) is 9.02. The molecular weight excluding hydrogens is 260 g/mol. The molecule has 0 saturated carbocycles. The fourth-order valence-electron chi connectivity index (χ4n) is 1.83. The normalized spacial score (nSPS) is 12.6. The second-order valence-corrected chi connectivity index (χ2v) is 5.48. The number of aromatic nitrogens is 2. The van der Waals surface area contributed by atoms with Gasteiger partial charge in [0.05, 0.1) is 6.04 Å². The molecule has 102 valence electrons. The van der Waals surface area contributed by atoms with Crippen molar-refractivity contribution in [2.75, 3.05) is 20.6 Å². The number of hydrogen-bond acceptors (Lipinski definition) is 4. The van der Waals surface area contributed by atoms with Crippen LogP contribution < -0.4 is 5.32 Å². The minimum absolute atomic E-state index is 0.0212. The number of thiophene rings is 1. The predicted octanol–water partition coefficient (Wildman–Crippen LogP) is 1.36. The number of nitrogens with one attached hydrogen (secondary N) is 1. The Hall–Kier alpha value is -1.66. The van der Waals surface area contributed by atoms with Crippen LogP contribution in [-0.4, -0.2) is 41.2 Å². The molecule has 0 aromatic carbocycles. The molecule has 19 heavy (non-hydrogen) atoms. The van der Waals surface area contributed by atoms with Gasteiger partial charge in [0, 0.05) is 23.8 Å². The molecule has 0 fully saturated rings. The Morgan fingerprint density at radius 3 is 2.95 bits per heavy atom. The van der Waals surface area contributed by atoms with Crippen molar-refractivity contribution in [3.63, 3.8) is 0 Å². The zero-order valence-electron chi connectivity index (χ0n) is 11.1. The molecule has 0 saturated heterocycles. The highest BCUT2D eigenvalue weighted by Crippen LogP contribution is 2.22. The maximum Gasteiger partial charge on any atom is 0.241 e.